The molecule has 0 aromatic rings. The van der Waals surface area contributed by atoms with E-state index in [1.165, 1.54) is 0 Å². The van der Waals surface area contributed by atoms with Crippen LogP contribution in [0.25, 0.3) is 0 Å². The Morgan fingerprint density at radius 1 is 1.35 bits per heavy atom. The molecule has 0 radical (unpaired) electrons. The van der Waals surface area contributed by atoms with E-state index in [1.54, 1.807) is 0 Å². The van der Waals surface area contributed by atoms with Crippen molar-refractivity contribution in [3.05, 3.63) is 0 Å². The first kappa shape index (κ1) is 13.3. The van der Waals surface area contributed by atoms with Crippen LogP contribution in [0.15, 0.2) is 0 Å². The van der Waals surface area contributed by atoms with Crippen molar-refractivity contribution < 1.29 is 4.39 Å². The maximum absolute atomic E-state index is 14.9. The summed E-state index contributed by atoms with van der Waals surface area (Å²) in [6.07, 6.45) is 1.69. The molecule has 2 rings (SSSR count). The average Bonchev–Trinajstić information content (AvgIpc) is 2.52. The molecule has 0 aromatic carbocycles. The highest BCUT2D eigenvalue weighted by atomic mass is 19.1. The van der Waals surface area contributed by atoms with E-state index in [2.05, 4.69) is 44.8 Å². The Balaban J connectivity index is 1.96. The van der Waals surface area contributed by atoms with Gasteiger partial charge in [0.15, 0.2) is 0 Å². The molecule has 1 saturated carbocycles. The van der Waals surface area contributed by atoms with E-state index >= 15 is 0 Å². The fourth-order valence-corrected chi connectivity index (χ4v) is 3.45. The summed E-state index contributed by atoms with van der Waals surface area (Å²) < 4.78 is 14.9. The van der Waals surface area contributed by atoms with E-state index in [9.17, 15) is 4.39 Å². The minimum absolute atomic E-state index is 0.0946. The molecule has 1 heterocycles. The molecule has 0 aromatic heterocycles. The van der Waals surface area contributed by atoms with Gasteiger partial charge in [0.1, 0.15) is 5.67 Å². The number of nitrogens with zero attached hydrogens (tertiary/aromatic N) is 1. The number of likely N-dealkylation sites (tertiary alicyclic amines) is 1. The molecule has 3 heteroatoms. The number of halogens is 1. The van der Waals surface area contributed by atoms with Gasteiger partial charge in [0.2, 0.25) is 0 Å². The van der Waals surface area contributed by atoms with Crippen LogP contribution in [-0.4, -0.2) is 41.3 Å². The third-order valence-electron chi connectivity index (χ3n) is 4.17. The van der Waals surface area contributed by atoms with Gasteiger partial charge in [-0.15, -0.1) is 0 Å². The molecule has 100 valence electrons. The largest absolute Gasteiger partial charge is 0.309 e. The Morgan fingerprint density at radius 3 is 2.47 bits per heavy atom. The summed E-state index contributed by atoms with van der Waals surface area (Å²) in [5.74, 6) is 0.241. The van der Waals surface area contributed by atoms with Gasteiger partial charge in [0, 0.05) is 36.6 Å². The number of hydrogen-bond donors (Lipinski definition) is 1. The Hall–Kier alpha value is -0.150. The van der Waals surface area contributed by atoms with Crippen molar-refractivity contribution in [2.75, 3.05) is 13.1 Å². The Labute approximate surface area is 105 Å². The van der Waals surface area contributed by atoms with Gasteiger partial charge in [-0.1, -0.05) is 0 Å². The lowest BCUT2D eigenvalue weighted by Gasteiger charge is -2.28. The second kappa shape index (κ2) is 4.20. The Kier molecular flexibility index (Phi) is 3.28. The fourth-order valence-electron chi connectivity index (χ4n) is 3.45. The topological polar surface area (TPSA) is 15.3 Å². The third-order valence-corrected chi connectivity index (χ3v) is 4.17. The van der Waals surface area contributed by atoms with Crippen molar-refractivity contribution in [1.29, 1.82) is 0 Å². The number of fused-ring (bicyclic) bond motifs is 1. The lowest BCUT2D eigenvalue weighted by atomic mass is 9.97. The van der Waals surface area contributed by atoms with Gasteiger partial charge in [-0.25, -0.2) is 4.39 Å². The summed E-state index contributed by atoms with van der Waals surface area (Å²) in [5.41, 5.74) is -0.843. The monoisotopic (exact) mass is 242 g/mol. The van der Waals surface area contributed by atoms with Crippen LogP contribution in [0.3, 0.4) is 0 Å². The van der Waals surface area contributed by atoms with E-state index in [0.29, 0.717) is 25.0 Å². The first-order valence-electron chi connectivity index (χ1n) is 6.90. The minimum Gasteiger partial charge on any atom is -0.309 e. The summed E-state index contributed by atoms with van der Waals surface area (Å²) in [5, 5.41) is 3.56. The standard InChI is InChI=1S/C14H27FN2/c1-10(2)17-8-11-6-12(16-13(3,4)5)7-14(11,15)9-17/h10-12,16H,6-9H2,1-5H3. The lowest BCUT2D eigenvalue weighted by molar-refractivity contribution is 0.134. The number of nitrogens with one attached hydrogen (secondary N) is 1. The molecule has 2 fully saturated rings. The highest BCUT2D eigenvalue weighted by Gasteiger charge is 2.54. The van der Waals surface area contributed by atoms with Crippen molar-refractivity contribution in [3.8, 4) is 0 Å². The van der Waals surface area contributed by atoms with Crippen molar-refractivity contribution >= 4 is 0 Å². The van der Waals surface area contributed by atoms with E-state index in [4.69, 9.17) is 0 Å². The van der Waals surface area contributed by atoms with Crippen LogP contribution in [0.2, 0.25) is 0 Å². The normalized spacial score (nSPS) is 39.0. The van der Waals surface area contributed by atoms with E-state index in [-0.39, 0.29) is 11.5 Å². The second-order valence-electron chi connectivity index (χ2n) is 7.29. The SMILES string of the molecule is CC(C)N1CC2CC(NC(C)(C)C)CC2(F)C1. The fraction of sp³-hybridized carbons (Fsp3) is 1.00. The maximum atomic E-state index is 14.9. The number of rotatable bonds is 2. The predicted octanol–water partition coefficient (Wildman–Crippen LogP) is 2.59. The zero-order chi connectivity index (χ0) is 12.8. The molecule has 0 amide bonds. The second-order valence-corrected chi connectivity index (χ2v) is 7.29. The molecular formula is C14H27FN2. The van der Waals surface area contributed by atoms with Crippen molar-refractivity contribution in [2.24, 2.45) is 5.92 Å². The number of alkyl halides is 1. The van der Waals surface area contributed by atoms with Crippen molar-refractivity contribution in [1.82, 2.24) is 10.2 Å². The predicted molar refractivity (Wildman–Crippen MR) is 69.9 cm³/mol. The molecule has 2 nitrogen and oxygen atoms in total. The Bertz CT molecular complexity index is 284. The van der Waals surface area contributed by atoms with Gasteiger partial charge in [-0.3, -0.25) is 4.90 Å². The van der Waals surface area contributed by atoms with Crippen LogP contribution in [-0.2, 0) is 0 Å². The molecule has 1 aliphatic heterocycles. The van der Waals surface area contributed by atoms with Crippen LogP contribution in [0.4, 0.5) is 4.39 Å². The van der Waals surface area contributed by atoms with Gasteiger partial charge in [-0.05, 0) is 47.5 Å². The summed E-state index contributed by atoms with van der Waals surface area (Å²) in [4.78, 5) is 2.29. The molecule has 17 heavy (non-hydrogen) atoms. The summed E-state index contributed by atoms with van der Waals surface area (Å²) in [6, 6.07) is 0.835. The van der Waals surface area contributed by atoms with Gasteiger partial charge >= 0.3 is 0 Å². The zero-order valence-corrected chi connectivity index (χ0v) is 11.9. The van der Waals surface area contributed by atoms with Crippen LogP contribution in [0, 0.1) is 5.92 Å². The van der Waals surface area contributed by atoms with Gasteiger partial charge in [0.25, 0.3) is 0 Å². The van der Waals surface area contributed by atoms with E-state index in [1.807, 2.05) is 0 Å². The highest BCUT2D eigenvalue weighted by Crippen LogP contribution is 2.45. The average molecular weight is 242 g/mol. The van der Waals surface area contributed by atoms with Crippen LogP contribution in [0.1, 0.15) is 47.5 Å². The molecule has 0 bridgehead atoms. The summed E-state index contributed by atoms with van der Waals surface area (Å²) in [7, 11) is 0. The molecule has 2 aliphatic rings. The molecular weight excluding hydrogens is 215 g/mol. The van der Waals surface area contributed by atoms with Crippen LogP contribution >= 0.6 is 0 Å². The van der Waals surface area contributed by atoms with E-state index < -0.39 is 5.67 Å². The minimum atomic E-state index is -0.937. The number of hydrogen-bond acceptors (Lipinski definition) is 2. The molecule has 3 atom stereocenters. The first-order chi connectivity index (χ1) is 7.70. The zero-order valence-electron chi connectivity index (χ0n) is 11.9. The smallest absolute Gasteiger partial charge is 0.129 e. The molecule has 3 unspecified atom stereocenters. The molecule has 1 aliphatic carbocycles. The van der Waals surface area contributed by atoms with Crippen LogP contribution < -0.4 is 5.32 Å². The summed E-state index contributed by atoms with van der Waals surface area (Å²) >= 11 is 0. The summed E-state index contributed by atoms with van der Waals surface area (Å²) in [6.45, 7) is 12.4. The third kappa shape index (κ3) is 2.82. The van der Waals surface area contributed by atoms with Gasteiger partial charge < -0.3 is 5.32 Å². The maximum Gasteiger partial charge on any atom is 0.129 e. The van der Waals surface area contributed by atoms with Gasteiger partial charge in [-0.2, -0.15) is 0 Å². The van der Waals surface area contributed by atoms with Crippen molar-refractivity contribution in [2.45, 2.75) is 70.8 Å². The Morgan fingerprint density at radius 2 is 2.00 bits per heavy atom. The van der Waals surface area contributed by atoms with Crippen LogP contribution in [0.5, 0.6) is 0 Å². The molecule has 0 spiro atoms. The van der Waals surface area contributed by atoms with Gasteiger partial charge in [0.05, 0.1) is 0 Å². The van der Waals surface area contributed by atoms with E-state index in [0.717, 1.165) is 13.0 Å². The first-order valence-corrected chi connectivity index (χ1v) is 6.90. The highest BCUT2D eigenvalue weighted by molar-refractivity contribution is 5.07. The lowest BCUT2D eigenvalue weighted by Crippen LogP contribution is -2.44. The quantitative estimate of drug-likeness (QED) is 0.800. The van der Waals surface area contributed by atoms with Crippen molar-refractivity contribution in [3.63, 3.8) is 0 Å². The molecule has 1 saturated heterocycles. The molecule has 1 N–H and O–H groups in total.